The standard InChI is InChI=1S/C21H25ClN4O2.HI/c1-2-23-21(25-14-16-8-10-17(22)11-9-16)24-12-5-13-26-18-6-3-4-7-19(18)28-15-20(26)27;/h3-4,6-11H,2,5,12-15H2,1H3,(H2,23,24,25);1H. The molecule has 0 spiro atoms. The predicted molar refractivity (Wildman–Crippen MR) is 129 cm³/mol. The first-order valence-electron chi connectivity index (χ1n) is 9.46. The van der Waals surface area contributed by atoms with Crippen molar-refractivity contribution in [2.45, 2.75) is 19.9 Å². The number of hydrogen-bond acceptors (Lipinski definition) is 3. The zero-order valence-corrected chi connectivity index (χ0v) is 19.4. The summed E-state index contributed by atoms with van der Waals surface area (Å²) in [5.74, 6) is 1.50. The lowest BCUT2D eigenvalue weighted by Crippen LogP contribution is -2.42. The number of carbonyl (C=O) groups excluding carboxylic acids is 1. The van der Waals surface area contributed by atoms with E-state index in [1.807, 2.05) is 55.5 Å². The van der Waals surface area contributed by atoms with Crippen molar-refractivity contribution in [3.63, 3.8) is 0 Å². The van der Waals surface area contributed by atoms with Crippen molar-refractivity contribution < 1.29 is 9.53 Å². The second-order valence-electron chi connectivity index (χ2n) is 6.40. The lowest BCUT2D eigenvalue weighted by atomic mass is 10.2. The van der Waals surface area contributed by atoms with E-state index in [1.165, 1.54) is 0 Å². The molecule has 29 heavy (non-hydrogen) atoms. The van der Waals surface area contributed by atoms with Crippen LogP contribution in [0.2, 0.25) is 5.02 Å². The van der Waals surface area contributed by atoms with Crippen LogP contribution in [0.15, 0.2) is 53.5 Å². The Morgan fingerprint density at radius 3 is 2.69 bits per heavy atom. The number of halogens is 2. The normalized spacial score (nSPS) is 13.2. The Bertz CT molecular complexity index is 830. The first-order chi connectivity index (χ1) is 13.7. The summed E-state index contributed by atoms with van der Waals surface area (Å²) in [6.07, 6.45) is 0.797. The van der Waals surface area contributed by atoms with Gasteiger partial charge in [-0.15, -0.1) is 24.0 Å². The molecule has 0 fully saturated rings. The molecule has 6 nitrogen and oxygen atoms in total. The number of para-hydroxylation sites is 2. The summed E-state index contributed by atoms with van der Waals surface area (Å²) in [4.78, 5) is 18.6. The van der Waals surface area contributed by atoms with Crippen LogP contribution in [-0.2, 0) is 11.3 Å². The Balaban J connectivity index is 0.00000300. The number of guanidine groups is 1. The summed E-state index contributed by atoms with van der Waals surface area (Å²) in [6, 6.07) is 15.3. The molecule has 3 rings (SSSR count). The molecule has 2 aromatic carbocycles. The molecule has 0 atom stereocenters. The van der Waals surface area contributed by atoms with Crippen molar-refractivity contribution >= 4 is 53.1 Å². The number of hydrogen-bond donors (Lipinski definition) is 2. The Kier molecular flexibility index (Phi) is 9.53. The number of nitrogens with zero attached hydrogens (tertiary/aromatic N) is 2. The van der Waals surface area contributed by atoms with Crippen LogP contribution in [-0.4, -0.2) is 38.1 Å². The van der Waals surface area contributed by atoms with E-state index in [0.717, 1.165) is 40.9 Å². The van der Waals surface area contributed by atoms with Gasteiger partial charge in [-0.25, -0.2) is 4.99 Å². The third-order valence-corrected chi connectivity index (χ3v) is 4.59. The van der Waals surface area contributed by atoms with E-state index in [4.69, 9.17) is 16.3 Å². The van der Waals surface area contributed by atoms with Gasteiger partial charge in [-0.3, -0.25) is 4.79 Å². The molecular formula is C21H26ClIN4O2. The van der Waals surface area contributed by atoms with E-state index in [9.17, 15) is 4.79 Å². The minimum atomic E-state index is -0.0120. The van der Waals surface area contributed by atoms with Crippen LogP contribution in [0.1, 0.15) is 18.9 Å². The highest BCUT2D eigenvalue weighted by atomic mass is 127. The fourth-order valence-corrected chi connectivity index (χ4v) is 3.07. The van der Waals surface area contributed by atoms with Crippen LogP contribution in [0, 0.1) is 0 Å². The molecule has 0 aromatic heterocycles. The van der Waals surface area contributed by atoms with Crippen molar-refractivity contribution in [3.05, 3.63) is 59.1 Å². The van der Waals surface area contributed by atoms with Crippen molar-refractivity contribution in [3.8, 4) is 5.75 Å². The van der Waals surface area contributed by atoms with Crippen LogP contribution in [0.4, 0.5) is 5.69 Å². The molecule has 0 aliphatic carbocycles. The number of ether oxygens (including phenoxy) is 1. The smallest absolute Gasteiger partial charge is 0.265 e. The molecule has 1 aliphatic rings. The fourth-order valence-electron chi connectivity index (χ4n) is 2.94. The van der Waals surface area contributed by atoms with Gasteiger partial charge >= 0.3 is 0 Å². The minimum Gasteiger partial charge on any atom is -0.482 e. The van der Waals surface area contributed by atoms with E-state index >= 15 is 0 Å². The summed E-state index contributed by atoms with van der Waals surface area (Å²) in [6.45, 7) is 4.81. The Labute approximate surface area is 193 Å². The topological polar surface area (TPSA) is 66.0 Å². The molecule has 2 aromatic rings. The van der Waals surface area contributed by atoms with Gasteiger partial charge in [0.25, 0.3) is 5.91 Å². The molecule has 0 unspecified atom stereocenters. The first kappa shape index (κ1) is 23.3. The number of nitrogens with one attached hydrogen (secondary N) is 2. The van der Waals surface area contributed by atoms with Gasteiger partial charge in [-0.2, -0.15) is 0 Å². The maximum Gasteiger partial charge on any atom is 0.265 e. The van der Waals surface area contributed by atoms with Gasteiger partial charge in [0.1, 0.15) is 5.75 Å². The SMILES string of the molecule is CCNC(=NCc1ccc(Cl)cc1)NCCCN1C(=O)COc2ccccc21.I. The molecule has 0 saturated heterocycles. The van der Waals surface area contributed by atoms with Gasteiger partial charge in [0.05, 0.1) is 12.2 Å². The average Bonchev–Trinajstić information content (AvgIpc) is 2.71. The van der Waals surface area contributed by atoms with Gasteiger partial charge in [0.2, 0.25) is 0 Å². The van der Waals surface area contributed by atoms with E-state index in [2.05, 4.69) is 15.6 Å². The molecule has 1 heterocycles. The van der Waals surface area contributed by atoms with E-state index in [1.54, 1.807) is 4.90 Å². The van der Waals surface area contributed by atoms with Crippen molar-refractivity contribution in [1.29, 1.82) is 0 Å². The molecular weight excluding hydrogens is 503 g/mol. The number of aliphatic imine (C=N–C) groups is 1. The Morgan fingerprint density at radius 1 is 1.17 bits per heavy atom. The highest BCUT2D eigenvalue weighted by molar-refractivity contribution is 14.0. The molecule has 1 amide bonds. The highest BCUT2D eigenvalue weighted by Gasteiger charge is 2.24. The van der Waals surface area contributed by atoms with E-state index in [0.29, 0.717) is 19.6 Å². The maximum absolute atomic E-state index is 12.2. The van der Waals surface area contributed by atoms with Crippen LogP contribution in [0.3, 0.4) is 0 Å². The fraction of sp³-hybridized carbons (Fsp3) is 0.333. The number of benzene rings is 2. The molecule has 1 aliphatic heterocycles. The predicted octanol–water partition coefficient (Wildman–Crippen LogP) is 3.83. The molecule has 156 valence electrons. The summed E-state index contributed by atoms with van der Waals surface area (Å²) in [7, 11) is 0. The lowest BCUT2D eigenvalue weighted by Gasteiger charge is -2.29. The summed E-state index contributed by atoms with van der Waals surface area (Å²) >= 11 is 5.92. The number of anilines is 1. The van der Waals surface area contributed by atoms with Crippen LogP contribution >= 0.6 is 35.6 Å². The summed E-state index contributed by atoms with van der Waals surface area (Å²) < 4.78 is 5.48. The van der Waals surface area contributed by atoms with Gasteiger partial charge in [0, 0.05) is 24.7 Å². The third kappa shape index (κ3) is 6.78. The quantitative estimate of drug-likeness (QED) is 0.248. The highest BCUT2D eigenvalue weighted by Crippen LogP contribution is 2.31. The lowest BCUT2D eigenvalue weighted by molar-refractivity contribution is -0.121. The zero-order valence-electron chi connectivity index (χ0n) is 16.4. The average molecular weight is 529 g/mol. The van der Waals surface area contributed by atoms with Crippen LogP contribution < -0.4 is 20.3 Å². The van der Waals surface area contributed by atoms with Crippen molar-refractivity contribution in [2.24, 2.45) is 4.99 Å². The van der Waals surface area contributed by atoms with Crippen molar-refractivity contribution in [2.75, 3.05) is 31.1 Å². The van der Waals surface area contributed by atoms with Crippen LogP contribution in [0.5, 0.6) is 5.75 Å². The number of carbonyl (C=O) groups is 1. The maximum atomic E-state index is 12.2. The van der Waals surface area contributed by atoms with Gasteiger partial charge < -0.3 is 20.3 Å². The summed E-state index contributed by atoms with van der Waals surface area (Å²) in [5, 5.41) is 7.28. The van der Waals surface area contributed by atoms with Gasteiger partial charge in [0.15, 0.2) is 12.6 Å². The second kappa shape index (κ2) is 11.9. The summed E-state index contributed by atoms with van der Waals surface area (Å²) in [5.41, 5.74) is 1.93. The molecule has 0 saturated carbocycles. The Hall–Kier alpha value is -2.00. The number of rotatable bonds is 7. The molecule has 0 radical (unpaired) electrons. The zero-order chi connectivity index (χ0) is 19.8. The second-order valence-corrected chi connectivity index (χ2v) is 6.84. The van der Waals surface area contributed by atoms with Crippen LogP contribution in [0.25, 0.3) is 0 Å². The monoisotopic (exact) mass is 528 g/mol. The number of amides is 1. The van der Waals surface area contributed by atoms with E-state index in [-0.39, 0.29) is 36.5 Å². The van der Waals surface area contributed by atoms with Gasteiger partial charge in [-0.05, 0) is 43.2 Å². The molecule has 0 bridgehead atoms. The molecule has 8 heteroatoms. The Morgan fingerprint density at radius 2 is 1.93 bits per heavy atom. The number of fused-ring (bicyclic) bond motifs is 1. The third-order valence-electron chi connectivity index (χ3n) is 4.34. The van der Waals surface area contributed by atoms with Gasteiger partial charge in [-0.1, -0.05) is 35.9 Å². The van der Waals surface area contributed by atoms with E-state index < -0.39 is 0 Å². The largest absolute Gasteiger partial charge is 0.482 e. The van der Waals surface area contributed by atoms with Crippen molar-refractivity contribution in [1.82, 2.24) is 10.6 Å². The molecule has 2 N–H and O–H groups in total. The first-order valence-corrected chi connectivity index (χ1v) is 9.84. The minimum absolute atomic E-state index is 0.